The van der Waals surface area contributed by atoms with Gasteiger partial charge >= 0.3 is 6.09 Å². The molecule has 38 heavy (non-hydrogen) atoms. The molecule has 0 aliphatic carbocycles. The van der Waals surface area contributed by atoms with E-state index in [9.17, 15) is 4.79 Å². The van der Waals surface area contributed by atoms with E-state index in [1.54, 1.807) is 6.07 Å². The highest BCUT2D eigenvalue weighted by Gasteiger charge is 2.20. The molecule has 3 N–H and O–H groups in total. The standard InChI is InChI=1S/C28H32N6O3S/c1-17(2)16-36-28(35)30-21-10-9-18(3)22(14-21)25-32-26(37-33-25)23-24(29)31-27(38-23)20-8-6-7-19(13-20)15-34-11-4-5-12-34/h6-10,13-14,17H,4-5,11-12,15-16,29H2,1-3H3,(H,30,35). The van der Waals surface area contributed by atoms with E-state index in [1.165, 1.54) is 29.7 Å². The van der Waals surface area contributed by atoms with Gasteiger partial charge in [-0.2, -0.15) is 4.98 Å². The van der Waals surface area contributed by atoms with Crippen molar-refractivity contribution >= 4 is 28.9 Å². The number of hydrogen-bond acceptors (Lipinski definition) is 9. The first-order valence-corrected chi connectivity index (χ1v) is 13.6. The van der Waals surface area contributed by atoms with Crippen LogP contribution < -0.4 is 11.1 Å². The molecule has 0 spiro atoms. The average molecular weight is 533 g/mol. The second-order valence-electron chi connectivity index (χ2n) is 9.99. The number of ether oxygens (including phenoxy) is 1. The number of nitrogens with one attached hydrogen (secondary N) is 1. The zero-order valence-electron chi connectivity index (χ0n) is 21.9. The van der Waals surface area contributed by atoms with E-state index >= 15 is 0 Å². The summed E-state index contributed by atoms with van der Waals surface area (Å²) in [7, 11) is 0. The Labute approximate surface area is 226 Å². The maximum absolute atomic E-state index is 12.1. The molecule has 1 aliphatic rings. The number of rotatable bonds is 8. The highest BCUT2D eigenvalue weighted by Crippen LogP contribution is 2.37. The number of benzene rings is 2. The summed E-state index contributed by atoms with van der Waals surface area (Å²) in [5.41, 5.74) is 10.8. The molecule has 0 unspecified atom stereocenters. The number of aromatic nitrogens is 3. The van der Waals surface area contributed by atoms with Gasteiger partial charge in [0.05, 0.1) is 6.61 Å². The molecule has 2 aromatic heterocycles. The van der Waals surface area contributed by atoms with E-state index < -0.39 is 6.09 Å². The van der Waals surface area contributed by atoms with Crippen molar-refractivity contribution in [3.05, 3.63) is 53.6 Å². The fourth-order valence-electron chi connectivity index (χ4n) is 4.37. The van der Waals surface area contributed by atoms with Crippen molar-refractivity contribution in [1.82, 2.24) is 20.0 Å². The van der Waals surface area contributed by atoms with Crippen LogP contribution >= 0.6 is 11.3 Å². The summed E-state index contributed by atoms with van der Waals surface area (Å²) in [6, 6.07) is 13.9. The molecule has 4 aromatic rings. The number of nitrogen functional groups attached to an aromatic ring is 1. The molecule has 3 heterocycles. The molecule has 0 saturated carbocycles. The number of nitrogens with zero attached hydrogens (tertiary/aromatic N) is 4. The fourth-order valence-corrected chi connectivity index (χ4v) is 5.27. The summed E-state index contributed by atoms with van der Waals surface area (Å²) >= 11 is 1.43. The monoisotopic (exact) mass is 532 g/mol. The van der Waals surface area contributed by atoms with E-state index in [0.29, 0.717) is 34.7 Å². The fraction of sp³-hybridized carbons (Fsp3) is 0.357. The van der Waals surface area contributed by atoms with Crippen molar-refractivity contribution in [1.29, 1.82) is 0 Å². The van der Waals surface area contributed by atoms with E-state index in [1.807, 2.05) is 39.0 Å². The smallest absolute Gasteiger partial charge is 0.411 e. The number of aryl methyl sites for hydroxylation is 1. The summed E-state index contributed by atoms with van der Waals surface area (Å²) in [5.74, 6) is 1.32. The zero-order chi connectivity index (χ0) is 26.6. The normalized spacial score (nSPS) is 13.8. The molecule has 198 valence electrons. The van der Waals surface area contributed by atoms with E-state index in [-0.39, 0.29) is 5.92 Å². The summed E-state index contributed by atoms with van der Waals surface area (Å²) in [5, 5.41) is 7.75. The molecule has 1 amide bonds. The molecule has 2 aromatic carbocycles. The molecule has 1 saturated heterocycles. The van der Waals surface area contributed by atoms with Crippen molar-refractivity contribution in [2.45, 2.75) is 40.2 Å². The van der Waals surface area contributed by atoms with E-state index in [4.69, 9.17) is 15.0 Å². The summed E-state index contributed by atoms with van der Waals surface area (Å²) < 4.78 is 10.8. The Hall–Kier alpha value is -3.76. The van der Waals surface area contributed by atoms with Crippen LogP contribution in [0.5, 0.6) is 0 Å². The van der Waals surface area contributed by atoms with Crippen LogP contribution in [0.15, 0.2) is 47.0 Å². The Morgan fingerprint density at radius 1 is 1.18 bits per heavy atom. The van der Waals surface area contributed by atoms with Gasteiger partial charge in [-0.25, -0.2) is 9.78 Å². The van der Waals surface area contributed by atoms with Gasteiger partial charge in [-0.15, -0.1) is 11.3 Å². The number of anilines is 2. The van der Waals surface area contributed by atoms with Gasteiger partial charge in [0.1, 0.15) is 15.7 Å². The Morgan fingerprint density at radius 3 is 2.79 bits per heavy atom. The third-order valence-corrected chi connectivity index (χ3v) is 7.43. The van der Waals surface area contributed by atoms with Crippen molar-refractivity contribution in [2.75, 3.05) is 30.7 Å². The second kappa shape index (κ2) is 11.3. The summed E-state index contributed by atoms with van der Waals surface area (Å²) in [6.07, 6.45) is 2.03. The van der Waals surface area contributed by atoms with Gasteiger partial charge in [0.2, 0.25) is 5.82 Å². The number of carbonyl (C=O) groups excluding carboxylic acids is 1. The quantitative estimate of drug-likeness (QED) is 0.275. The number of hydrogen-bond donors (Lipinski definition) is 2. The maximum Gasteiger partial charge on any atom is 0.411 e. The lowest BCUT2D eigenvalue weighted by Crippen LogP contribution is -2.18. The molecular weight excluding hydrogens is 500 g/mol. The van der Waals surface area contributed by atoms with Gasteiger partial charge in [-0.05, 0) is 68.1 Å². The average Bonchev–Trinajstić information content (AvgIpc) is 3.66. The van der Waals surface area contributed by atoms with Crippen LogP contribution in [0, 0.1) is 12.8 Å². The zero-order valence-corrected chi connectivity index (χ0v) is 22.7. The minimum atomic E-state index is -0.503. The van der Waals surface area contributed by atoms with Crippen LogP contribution in [-0.4, -0.2) is 45.8 Å². The van der Waals surface area contributed by atoms with Crippen LogP contribution in [0.25, 0.3) is 32.7 Å². The first kappa shape index (κ1) is 25.9. The summed E-state index contributed by atoms with van der Waals surface area (Å²) in [4.78, 5) is 24.4. The molecule has 1 fully saturated rings. The van der Waals surface area contributed by atoms with Crippen molar-refractivity contribution in [3.63, 3.8) is 0 Å². The molecule has 0 radical (unpaired) electrons. The van der Waals surface area contributed by atoms with Crippen LogP contribution in [0.3, 0.4) is 0 Å². The van der Waals surface area contributed by atoms with Gasteiger partial charge in [0, 0.05) is 23.4 Å². The SMILES string of the molecule is Cc1ccc(NC(=O)OCC(C)C)cc1-c1noc(-c2sc(-c3cccc(CN4CCCC4)c3)nc2N)n1. The minimum Gasteiger partial charge on any atom is -0.449 e. The number of nitrogens with two attached hydrogens (primary N) is 1. The lowest BCUT2D eigenvalue weighted by molar-refractivity contribution is 0.147. The molecule has 10 heteroatoms. The largest absolute Gasteiger partial charge is 0.449 e. The number of likely N-dealkylation sites (tertiary alicyclic amines) is 1. The third kappa shape index (κ3) is 6.03. The van der Waals surface area contributed by atoms with E-state index in [0.717, 1.165) is 41.3 Å². The first-order chi connectivity index (χ1) is 18.4. The molecule has 1 aliphatic heterocycles. The predicted molar refractivity (Wildman–Crippen MR) is 150 cm³/mol. The minimum absolute atomic E-state index is 0.255. The summed E-state index contributed by atoms with van der Waals surface area (Å²) in [6.45, 7) is 9.50. The van der Waals surface area contributed by atoms with E-state index in [2.05, 4.69) is 43.5 Å². The second-order valence-corrected chi connectivity index (χ2v) is 11.0. The third-order valence-electron chi connectivity index (χ3n) is 6.33. The molecule has 0 atom stereocenters. The van der Waals surface area contributed by atoms with Gasteiger partial charge in [-0.1, -0.05) is 43.3 Å². The number of amides is 1. The van der Waals surface area contributed by atoms with Gasteiger partial charge in [-0.3, -0.25) is 10.2 Å². The highest BCUT2D eigenvalue weighted by atomic mass is 32.1. The maximum atomic E-state index is 12.1. The molecule has 5 rings (SSSR count). The van der Waals surface area contributed by atoms with Crippen LogP contribution in [0.1, 0.15) is 37.8 Å². The van der Waals surface area contributed by atoms with Crippen molar-refractivity contribution in [3.8, 4) is 32.7 Å². The lowest BCUT2D eigenvalue weighted by Gasteiger charge is -2.14. The Morgan fingerprint density at radius 2 is 2.00 bits per heavy atom. The Kier molecular flexibility index (Phi) is 7.71. The lowest BCUT2D eigenvalue weighted by atomic mass is 10.1. The molecule has 0 bridgehead atoms. The number of carbonyl (C=O) groups is 1. The topological polar surface area (TPSA) is 119 Å². The highest BCUT2D eigenvalue weighted by molar-refractivity contribution is 7.18. The Bertz CT molecular complexity index is 1420. The van der Waals surface area contributed by atoms with Gasteiger partial charge < -0.3 is 15.0 Å². The molecular formula is C28H32N6O3S. The Balaban J connectivity index is 1.34. The van der Waals surface area contributed by atoms with Crippen LogP contribution in [-0.2, 0) is 11.3 Å². The molecule has 9 nitrogen and oxygen atoms in total. The van der Waals surface area contributed by atoms with Crippen molar-refractivity contribution in [2.24, 2.45) is 5.92 Å². The predicted octanol–water partition coefficient (Wildman–Crippen LogP) is 6.22. The van der Waals surface area contributed by atoms with Crippen LogP contribution in [0.4, 0.5) is 16.3 Å². The van der Waals surface area contributed by atoms with Crippen LogP contribution in [0.2, 0.25) is 0 Å². The van der Waals surface area contributed by atoms with Crippen molar-refractivity contribution < 1.29 is 14.1 Å². The first-order valence-electron chi connectivity index (χ1n) is 12.8. The van der Waals surface area contributed by atoms with Gasteiger partial charge in [0.15, 0.2) is 0 Å². The number of thiazole rings is 1. The van der Waals surface area contributed by atoms with Gasteiger partial charge in [0.25, 0.3) is 5.89 Å².